The molecule has 0 bridgehead atoms. The van der Waals surface area contributed by atoms with Gasteiger partial charge in [0.25, 0.3) is 0 Å². The van der Waals surface area contributed by atoms with Gasteiger partial charge in [0.05, 0.1) is 29.5 Å². The van der Waals surface area contributed by atoms with E-state index >= 15 is 0 Å². The highest BCUT2D eigenvalue weighted by Crippen LogP contribution is 2.18. The van der Waals surface area contributed by atoms with Crippen LogP contribution in [0.25, 0.3) is 10.9 Å². The van der Waals surface area contributed by atoms with Gasteiger partial charge in [-0.15, -0.1) is 0 Å². The monoisotopic (exact) mass is 336 g/mol. The van der Waals surface area contributed by atoms with Crippen molar-refractivity contribution in [1.29, 1.82) is 0 Å². The number of hydrogen-bond donors (Lipinski definition) is 1. The van der Waals surface area contributed by atoms with Gasteiger partial charge in [0, 0.05) is 23.2 Å². The van der Waals surface area contributed by atoms with Crippen molar-refractivity contribution in [3.8, 4) is 0 Å². The third-order valence-corrected chi connectivity index (χ3v) is 4.28. The molecule has 0 fully saturated rings. The molecule has 3 rings (SSSR count). The Bertz CT molecular complexity index is 911. The van der Waals surface area contributed by atoms with Gasteiger partial charge in [-0.3, -0.25) is 14.5 Å². The Hall–Kier alpha value is -2.69. The molecule has 0 saturated heterocycles. The molecule has 0 unspecified atom stereocenters. The van der Waals surface area contributed by atoms with Crippen LogP contribution in [0.5, 0.6) is 0 Å². The highest BCUT2D eigenvalue weighted by molar-refractivity contribution is 5.94. The number of anilines is 1. The highest BCUT2D eigenvalue weighted by Gasteiger charge is 2.15. The minimum absolute atomic E-state index is 0.0487. The van der Waals surface area contributed by atoms with E-state index in [4.69, 9.17) is 0 Å². The molecule has 130 valence electrons. The van der Waals surface area contributed by atoms with E-state index in [0.29, 0.717) is 18.0 Å². The van der Waals surface area contributed by atoms with Crippen molar-refractivity contribution in [1.82, 2.24) is 14.8 Å². The Morgan fingerprint density at radius 1 is 1.24 bits per heavy atom. The Morgan fingerprint density at radius 2 is 2.00 bits per heavy atom. The Balaban J connectivity index is 1.74. The van der Waals surface area contributed by atoms with Gasteiger partial charge >= 0.3 is 0 Å². The maximum Gasteiger partial charge on any atom is 0.228 e. The van der Waals surface area contributed by atoms with Gasteiger partial charge in [-0.2, -0.15) is 5.10 Å². The van der Waals surface area contributed by atoms with Crippen LogP contribution in [0.15, 0.2) is 36.5 Å². The fourth-order valence-electron chi connectivity index (χ4n) is 3.02. The summed E-state index contributed by atoms with van der Waals surface area (Å²) in [4.78, 5) is 16.9. The summed E-state index contributed by atoms with van der Waals surface area (Å²) in [5.74, 6) is 0.468. The van der Waals surface area contributed by atoms with E-state index in [0.717, 1.165) is 34.4 Å². The fraction of sp³-hybridized carbons (Fsp3) is 0.350. The summed E-state index contributed by atoms with van der Waals surface area (Å²) in [6.07, 6.45) is 2.02. The Labute approximate surface area is 148 Å². The molecular weight excluding hydrogens is 312 g/mol. The second-order valence-corrected chi connectivity index (χ2v) is 6.87. The zero-order chi connectivity index (χ0) is 18.0. The minimum atomic E-state index is -0.0487. The van der Waals surface area contributed by atoms with E-state index < -0.39 is 0 Å². The van der Waals surface area contributed by atoms with Crippen LogP contribution in [0, 0.1) is 19.8 Å². The Kier molecular flexibility index (Phi) is 4.83. The molecule has 25 heavy (non-hydrogen) atoms. The van der Waals surface area contributed by atoms with E-state index in [-0.39, 0.29) is 5.91 Å². The van der Waals surface area contributed by atoms with Crippen molar-refractivity contribution in [2.75, 3.05) is 5.32 Å². The van der Waals surface area contributed by atoms with E-state index in [9.17, 15) is 4.79 Å². The van der Waals surface area contributed by atoms with Gasteiger partial charge in [-0.05, 0) is 31.9 Å². The maximum atomic E-state index is 12.5. The zero-order valence-electron chi connectivity index (χ0n) is 15.2. The van der Waals surface area contributed by atoms with Crippen LogP contribution in [-0.2, 0) is 17.8 Å². The summed E-state index contributed by atoms with van der Waals surface area (Å²) in [5.41, 5.74) is 4.63. The Morgan fingerprint density at radius 3 is 2.76 bits per heavy atom. The molecule has 2 aromatic heterocycles. The van der Waals surface area contributed by atoms with Crippen LogP contribution in [0.3, 0.4) is 0 Å². The molecule has 0 aliphatic heterocycles. The lowest BCUT2D eigenvalue weighted by Gasteiger charge is -2.09. The minimum Gasteiger partial charge on any atom is -0.324 e. The van der Waals surface area contributed by atoms with E-state index in [1.807, 2.05) is 48.9 Å². The molecule has 3 aromatic rings. The molecule has 1 N–H and O–H groups in total. The standard InChI is InChI=1S/C20H24N4O/c1-13(2)12-24-15(4)18(14(3)23-24)10-20(25)22-17-9-16-7-5-6-8-19(16)21-11-17/h5-9,11,13H,10,12H2,1-4H3,(H,22,25). The van der Waals surface area contributed by atoms with Crippen LogP contribution >= 0.6 is 0 Å². The second kappa shape index (κ2) is 7.05. The molecule has 0 aliphatic carbocycles. The molecule has 0 saturated carbocycles. The molecule has 0 atom stereocenters. The van der Waals surface area contributed by atoms with Crippen LogP contribution in [-0.4, -0.2) is 20.7 Å². The first-order chi connectivity index (χ1) is 11.9. The van der Waals surface area contributed by atoms with E-state index in [1.54, 1.807) is 6.20 Å². The summed E-state index contributed by atoms with van der Waals surface area (Å²) >= 11 is 0. The molecule has 5 nitrogen and oxygen atoms in total. The summed E-state index contributed by atoms with van der Waals surface area (Å²) < 4.78 is 2.00. The van der Waals surface area contributed by atoms with Crippen LogP contribution in [0.2, 0.25) is 0 Å². The number of aromatic nitrogens is 3. The summed E-state index contributed by atoms with van der Waals surface area (Å²) in [5, 5.41) is 8.54. The third kappa shape index (κ3) is 3.87. The van der Waals surface area contributed by atoms with Crippen molar-refractivity contribution < 1.29 is 4.79 Å². The van der Waals surface area contributed by atoms with Crippen molar-refractivity contribution in [3.63, 3.8) is 0 Å². The number of nitrogens with zero attached hydrogens (tertiary/aromatic N) is 3. The first-order valence-corrected chi connectivity index (χ1v) is 8.61. The lowest BCUT2D eigenvalue weighted by atomic mass is 10.1. The molecule has 1 aromatic carbocycles. The number of amides is 1. The van der Waals surface area contributed by atoms with Crippen molar-refractivity contribution in [2.24, 2.45) is 5.92 Å². The number of rotatable bonds is 5. The quantitative estimate of drug-likeness (QED) is 0.769. The zero-order valence-corrected chi connectivity index (χ0v) is 15.2. The number of aryl methyl sites for hydroxylation is 1. The van der Waals surface area contributed by atoms with Gasteiger partial charge in [0.1, 0.15) is 0 Å². The molecule has 1 amide bonds. The van der Waals surface area contributed by atoms with Crippen LogP contribution < -0.4 is 5.32 Å². The first-order valence-electron chi connectivity index (χ1n) is 8.61. The maximum absolute atomic E-state index is 12.5. The molecule has 2 heterocycles. The SMILES string of the molecule is Cc1nn(CC(C)C)c(C)c1CC(=O)Nc1cnc2ccccc2c1. The van der Waals surface area contributed by atoms with Gasteiger partial charge in [-0.1, -0.05) is 32.0 Å². The first kappa shape index (κ1) is 17.1. The number of benzene rings is 1. The average Bonchev–Trinajstić information content (AvgIpc) is 2.81. The molecule has 5 heteroatoms. The number of nitrogens with one attached hydrogen (secondary N) is 1. The number of pyridine rings is 1. The van der Waals surface area contributed by atoms with Crippen LogP contribution in [0.4, 0.5) is 5.69 Å². The molecular formula is C20H24N4O. The number of carbonyl (C=O) groups excluding carboxylic acids is 1. The van der Waals surface area contributed by atoms with Crippen LogP contribution in [0.1, 0.15) is 30.8 Å². The van der Waals surface area contributed by atoms with Gasteiger partial charge in [-0.25, -0.2) is 0 Å². The smallest absolute Gasteiger partial charge is 0.228 e. The predicted octanol–water partition coefficient (Wildman–Crippen LogP) is 3.89. The van der Waals surface area contributed by atoms with Gasteiger partial charge < -0.3 is 5.32 Å². The molecule has 0 aliphatic rings. The largest absolute Gasteiger partial charge is 0.324 e. The third-order valence-electron chi connectivity index (χ3n) is 4.28. The predicted molar refractivity (Wildman–Crippen MR) is 101 cm³/mol. The number of fused-ring (bicyclic) bond motifs is 1. The van der Waals surface area contributed by atoms with Gasteiger partial charge in [0.15, 0.2) is 0 Å². The summed E-state index contributed by atoms with van der Waals surface area (Å²) in [7, 11) is 0. The topological polar surface area (TPSA) is 59.8 Å². The summed E-state index contributed by atoms with van der Waals surface area (Å²) in [6.45, 7) is 9.18. The fourth-order valence-corrected chi connectivity index (χ4v) is 3.02. The van der Waals surface area contributed by atoms with Gasteiger partial charge in [0.2, 0.25) is 5.91 Å². The van der Waals surface area contributed by atoms with E-state index in [2.05, 4.69) is 29.2 Å². The lowest BCUT2D eigenvalue weighted by molar-refractivity contribution is -0.115. The van der Waals surface area contributed by atoms with Crippen molar-refractivity contribution in [3.05, 3.63) is 53.5 Å². The number of hydrogen-bond acceptors (Lipinski definition) is 3. The molecule has 0 radical (unpaired) electrons. The lowest BCUT2D eigenvalue weighted by Crippen LogP contribution is -2.15. The van der Waals surface area contributed by atoms with Crippen molar-refractivity contribution >= 4 is 22.5 Å². The average molecular weight is 336 g/mol. The van der Waals surface area contributed by atoms with Crippen molar-refractivity contribution in [2.45, 2.75) is 40.7 Å². The summed E-state index contributed by atoms with van der Waals surface area (Å²) in [6, 6.07) is 9.81. The number of para-hydroxylation sites is 1. The normalized spacial score (nSPS) is 11.2. The second-order valence-electron chi connectivity index (χ2n) is 6.87. The number of carbonyl (C=O) groups is 1. The van der Waals surface area contributed by atoms with E-state index in [1.165, 1.54) is 0 Å². The molecule has 0 spiro atoms. The highest BCUT2D eigenvalue weighted by atomic mass is 16.1.